The van der Waals surface area contributed by atoms with Crippen LogP contribution in [0.1, 0.15) is 19.3 Å². The second-order valence-electron chi connectivity index (χ2n) is 3.16. The second-order valence-corrected chi connectivity index (χ2v) is 3.55. The molecule has 0 radical (unpaired) electrons. The molecule has 1 aromatic heterocycles. The molecule has 1 rings (SSSR count). The molecule has 1 aromatic rings. The second kappa shape index (κ2) is 6.37. The number of anilines is 1. The molecule has 0 spiro atoms. The number of hydrogen-bond acceptors (Lipinski definition) is 3. The van der Waals surface area contributed by atoms with Gasteiger partial charge in [-0.3, -0.25) is 4.79 Å². The van der Waals surface area contributed by atoms with Crippen molar-refractivity contribution in [3.05, 3.63) is 23.5 Å². The van der Waals surface area contributed by atoms with Crippen LogP contribution in [0.3, 0.4) is 0 Å². The van der Waals surface area contributed by atoms with Gasteiger partial charge in [0.25, 0.3) is 0 Å². The molecule has 0 fully saturated rings. The fourth-order valence-corrected chi connectivity index (χ4v) is 1.31. The normalized spacial score (nSPS) is 10.0. The number of rotatable bonds is 5. The van der Waals surface area contributed by atoms with Crippen LogP contribution in [0.4, 0.5) is 5.69 Å². The Balaban J connectivity index is 2.37. The van der Waals surface area contributed by atoms with Crippen LogP contribution >= 0.6 is 11.6 Å². The third-order valence-corrected chi connectivity index (χ3v) is 2.07. The molecule has 82 valence electrons. The lowest BCUT2D eigenvalue weighted by molar-refractivity contribution is -0.116. The largest absolute Gasteiger partial charge is 0.330 e. The summed E-state index contributed by atoms with van der Waals surface area (Å²) in [6, 6.07) is 3.31. The summed E-state index contributed by atoms with van der Waals surface area (Å²) >= 11 is 5.68. The smallest absolute Gasteiger partial charge is 0.224 e. The number of pyridine rings is 1. The van der Waals surface area contributed by atoms with Gasteiger partial charge in [0.05, 0.1) is 0 Å². The van der Waals surface area contributed by atoms with Crippen molar-refractivity contribution in [2.75, 3.05) is 11.9 Å². The Labute approximate surface area is 93.8 Å². The van der Waals surface area contributed by atoms with Crippen molar-refractivity contribution in [1.29, 1.82) is 0 Å². The molecule has 0 aromatic carbocycles. The maximum atomic E-state index is 11.4. The third kappa shape index (κ3) is 4.76. The quantitative estimate of drug-likeness (QED) is 0.596. The fraction of sp³-hybridized carbons (Fsp3) is 0.400. The van der Waals surface area contributed by atoms with Crippen molar-refractivity contribution in [3.63, 3.8) is 0 Å². The molecular weight excluding hydrogens is 214 g/mol. The summed E-state index contributed by atoms with van der Waals surface area (Å²) in [7, 11) is 0. The topological polar surface area (TPSA) is 68.0 Å². The number of aromatic nitrogens is 1. The average Bonchev–Trinajstić information content (AvgIpc) is 2.18. The zero-order valence-electron chi connectivity index (χ0n) is 8.37. The first kappa shape index (κ1) is 11.9. The number of nitrogens with zero attached hydrogens (tertiary/aromatic N) is 1. The Kier molecular flexibility index (Phi) is 5.07. The number of amides is 1. The van der Waals surface area contributed by atoms with E-state index in [0.29, 0.717) is 23.8 Å². The highest BCUT2D eigenvalue weighted by Crippen LogP contribution is 2.12. The Morgan fingerprint density at radius 3 is 3.00 bits per heavy atom. The molecule has 0 aliphatic carbocycles. The molecule has 0 bridgehead atoms. The zero-order chi connectivity index (χ0) is 11.1. The minimum absolute atomic E-state index is 0.0225. The molecule has 1 amide bonds. The van der Waals surface area contributed by atoms with E-state index in [1.807, 2.05) is 0 Å². The molecule has 0 saturated heterocycles. The molecule has 0 aliphatic heterocycles. The molecule has 4 nitrogen and oxygen atoms in total. The highest BCUT2D eigenvalue weighted by atomic mass is 35.5. The number of nitrogens with two attached hydrogens (primary N) is 1. The van der Waals surface area contributed by atoms with E-state index in [-0.39, 0.29) is 5.91 Å². The number of nitrogens with one attached hydrogen (secondary N) is 1. The van der Waals surface area contributed by atoms with E-state index >= 15 is 0 Å². The van der Waals surface area contributed by atoms with Crippen molar-refractivity contribution in [2.24, 2.45) is 5.73 Å². The summed E-state index contributed by atoms with van der Waals surface area (Å²) in [6.45, 7) is 0.619. The van der Waals surface area contributed by atoms with E-state index in [9.17, 15) is 4.79 Å². The Morgan fingerprint density at radius 1 is 1.53 bits per heavy atom. The van der Waals surface area contributed by atoms with E-state index < -0.39 is 0 Å². The van der Waals surface area contributed by atoms with Gasteiger partial charge in [0.15, 0.2) is 0 Å². The molecule has 0 unspecified atom stereocenters. The van der Waals surface area contributed by atoms with Crippen LogP contribution in [-0.2, 0) is 4.79 Å². The fourth-order valence-electron chi connectivity index (χ4n) is 1.13. The first-order valence-electron chi connectivity index (χ1n) is 4.84. The van der Waals surface area contributed by atoms with Crippen LogP contribution in [0, 0.1) is 0 Å². The number of hydrogen-bond donors (Lipinski definition) is 2. The summed E-state index contributed by atoms with van der Waals surface area (Å²) in [5.74, 6) is -0.0225. The monoisotopic (exact) mass is 227 g/mol. The van der Waals surface area contributed by atoms with Crippen molar-refractivity contribution in [1.82, 2.24) is 4.98 Å². The van der Waals surface area contributed by atoms with Gasteiger partial charge in [-0.1, -0.05) is 11.6 Å². The van der Waals surface area contributed by atoms with Gasteiger partial charge in [0, 0.05) is 18.3 Å². The van der Waals surface area contributed by atoms with Gasteiger partial charge in [-0.25, -0.2) is 4.98 Å². The van der Waals surface area contributed by atoms with Crippen molar-refractivity contribution >= 4 is 23.2 Å². The van der Waals surface area contributed by atoms with Crippen LogP contribution in [0.15, 0.2) is 18.3 Å². The van der Waals surface area contributed by atoms with Crippen LogP contribution in [0.5, 0.6) is 0 Å². The van der Waals surface area contributed by atoms with Crippen LogP contribution in [0.2, 0.25) is 5.15 Å². The SMILES string of the molecule is NCCCCC(=O)Nc1ccnc(Cl)c1. The minimum Gasteiger partial charge on any atom is -0.330 e. The lowest BCUT2D eigenvalue weighted by atomic mass is 10.2. The van der Waals surface area contributed by atoms with Crippen LogP contribution in [0.25, 0.3) is 0 Å². The molecule has 0 aliphatic rings. The van der Waals surface area contributed by atoms with Crippen LogP contribution in [-0.4, -0.2) is 17.4 Å². The summed E-state index contributed by atoms with van der Waals surface area (Å²) in [6.07, 6.45) is 3.71. The lowest BCUT2D eigenvalue weighted by Gasteiger charge is -2.04. The van der Waals surface area contributed by atoms with E-state index in [2.05, 4.69) is 10.3 Å². The van der Waals surface area contributed by atoms with Gasteiger partial charge in [-0.05, 0) is 31.5 Å². The number of unbranched alkanes of at least 4 members (excludes halogenated alkanes) is 1. The highest BCUT2D eigenvalue weighted by molar-refractivity contribution is 6.29. The number of halogens is 1. The van der Waals surface area contributed by atoms with E-state index in [1.54, 1.807) is 18.3 Å². The van der Waals surface area contributed by atoms with E-state index in [4.69, 9.17) is 17.3 Å². The number of carbonyl (C=O) groups is 1. The minimum atomic E-state index is -0.0225. The van der Waals surface area contributed by atoms with Gasteiger partial charge >= 0.3 is 0 Å². The first-order valence-corrected chi connectivity index (χ1v) is 5.21. The summed E-state index contributed by atoms with van der Waals surface area (Å²) < 4.78 is 0. The highest BCUT2D eigenvalue weighted by Gasteiger charge is 2.02. The predicted octanol–water partition coefficient (Wildman–Crippen LogP) is 1.80. The predicted molar refractivity (Wildman–Crippen MR) is 60.8 cm³/mol. The van der Waals surface area contributed by atoms with Gasteiger partial charge < -0.3 is 11.1 Å². The van der Waals surface area contributed by atoms with Crippen molar-refractivity contribution < 1.29 is 4.79 Å². The van der Waals surface area contributed by atoms with Gasteiger partial charge in [-0.15, -0.1) is 0 Å². The standard InChI is InChI=1S/C10H14ClN3O/c11-9-7-8(4-6-13-9)14-10(15)3-1-2-5-12/h4,6-7H,1-3,5,12H2,(H,13,14,15). The van der Waals surface area contributed by atoms with Gasteiger partial charge in [-0.2, -0.15) is 0 Å². The maximum Gasteiger partial charge on any atom is 0.224 e. The molecule has 3 N–H and O–H groups in total. The maximum absolute atomic E-state index is 11.4. The molecule has 1 heterocycles. The molecule has 15 heavy (non-hydrogen) atoms. The summed E-state index contributed by atoms with van der Waals surface area (Å²) in [4.78, 5) is 15.2. The number of carbonyl (C=O) groups excluding carboxylic acids is 1. The van der Waals surface area contributed by atoms with E-state index in [1.165, 1.54) is 0 Å². The Hall–Kier alpha value is -1.13. The van der Waals surface area contributed by atoms with Gasteiger partial charge in [0.1, 0.15) is 5.15 Å². The third-order valence-electron chi connectivity index (χ3n) is 1.87. The summed E-state index contributed by atoms with van der Waals surface area (Å²) in [5.41, 5.74) is 6.00. The zero-order valence-corrected chi connectivity index (χ0v) is 9.13. The molecular formula is C10H14ClN3O. The van der Waals surface area contributed by atoms with E-state index in [0.717, 1.165) is 12.8 Å². The van der Waals surface area contributed by atoms with Crippen molar-refractivity contribution in [2.45, 2.75) is 19.3 Å². The van der Waals surface area contributed by atoms with Crippen molar-refractivity contribution in [3.8, 4) is 0 Å². The first-order chi connectivity index (χ1) is 7.22. The summed E-state index contributed by atoms with van der Waals surface area (Å²) in [5, 5.41) is 3.11. The van der Waals surface area contributed by atoms with Crippen LogP contribution < -0.4 is 11.1 Å². The molecule has 0 saturated carbocycles. The Bertz CT molecular complexity index is 330. The van der Waals surface area contributed by atoms with Gasteiger partial charge in [0.2, 0.25) is 5.91 Å². The lowest BCUT2D eigenvalue weighted by Crippen LogP contribution is -2.12. The average molecular weight is 228 g/mol. The molecule has 5 heteroatoms. The molecule has 0 atom stereocenters. The Morgan fingerprint density at radius 2 is 2.33 bits per heavy atom.